The van der Waals surface area contributed by atoms with Crippen LogP contribution in [0, 0.1) is 11.3 Å². The van der Waals surface area contributed by atoms with E-state index in [4.69, 9.17) is 16.6 Å². The number of hydrogen-bond donors (Lipinski definition) is 0. The molecular formula is C30H34ClN7O2. The minimum atomic E-state index is -0.422. The number of aryl methyl sites for hydroxylation is 2. The number of pyridine rings is 1. The minimum Gasteiger partial charge on any atom is -0.350 e. The van der Waals surface area contributed by atoms with E-state index in [0.717, 1.165) is 42.5 Å². The van der Waals surface area contributed by atoms with Gasteiger partial charge < -0.3 is 14.7 Å². The standard InChI is InChI=1S/C30H34ClN7O2/c1-5-20-10-8-11-21(6-2)26(20)38-28-23(16-24(31)29(33-28)37-13-9-12-22(37)17-32)27(34-30(38)40)36-15-14-35(18-19(36)4)25(39)7-3/h7-8,10-11,16,19,22H,3,5-6,9,12-15,18H2,1-2,4H3/t19-,22?/m0/s1. The number of rotatable bonds is 6. The van der Waals surface area contributed by atoms with Crippen LogP contribution in [0.5, 0.6) is 0 Å². The van der Waals surface area contributed by atoms with Crippen LogP contribution in [-0.2, 0) is 17.6 Å². The first kappa shape index (κ1) is 27.7. The maximum atomic E-state index is 14.0. The van der Waals surface area contributed by atoms with Crippen molar-refractivity contribution in [3.8, 4) is 11.8 Å². The molecule has 0 spiro atoms. The molecule has 2 aliphatic heterocycles. The quantitative estimate of drug-likeness (QED) is 0.416. The molecule has 5 rings (SSSR count). The van der Waals surface area contributed by atoms with Gasteiger partial charge in [0, 0.05) is 32.2 Å². The van der Waals surface area contributed by atoms with Crippen molar-refractivity contribution in [3.05, 3.63) is 63.6 Å². The first-order chi connectivity index (χ1) is 19.3. The average molecular weight is 560 g/mol. The van der Waals surface area contributed by atoms with Crippen molar-refractivity contribution >= 4 is 40.2 Å². The third-order valence-electron chi connectivity index (χ3n) is 8.03. The molecule has 10 heteroatoms. The molecule has 1 amide bonds. The maximum absolute atomic E-state index is 14.0. The fraction of sp³-hybridized carbons (Fsp3) is 0.433. The Hall–Kier alpha value is -3.90. The summed E-state index contributed by atoms with van der Waals surface area (Å²) in [5, 5.41) is 10.8. The zero-order valence-corrected chi connectivity index (χ0v) is 24.0. The van der Waals surface area contributed by atoms with Gasteiger partial charge in [-0.25, -0.2) is 14.3 Å². The first-order valence-corrected chi connectivity index (χ1v) is 14.3. The summed E-state index contributed by atoms with van der Waals surface area (Å²) >= 11 is 6.88. The molecule has 40 heavy (non-hydrogen) atoms. The molecule has 2 saturated heterocycles. The van der Waals surface area contributed by atoms with E-state index in [-0.39, 0.29) is 18.0 Å². The lowest BCUT2D eigenvalue weighted by atomic mass is 10.0. The van der Waals surface area contributed by atoms with Gasteiger partial charge >= 0.3 is 5.69 Å². The predicted molar refractivity (Wildman–Crippen MR) is 158 cm³/mol. The highest BCUT2D eigenvalue weighted by Gasteiger charge is 2.32. The molecule has 3 aromatic rings. The summed E-state index contributed by atoms with van der Waals surface area (Å²) < 4.78 is 1.62. The number of carbonyl (C=O) groups excluding carboxylic acids is 1. The number of aromatic nitrogens is 3. The van der Waals surface area contributed by atoms with E-state index in [2.05, 4.69) is 36.4 Å². The fourth-order valence-corrected chi connectivity index (χ4v) is 6.24. The average Bonchev–Trinajstić information content (AvgIpc) is 3.44. The second-order valence-electron chi connectivity index (χ2n) is 10.4. The Kier molecular flexibility index (Phi) is 7.81. The van der Waals surface area contributed by atoms with Crippen molar-refractivity contribution in [1.82, 2.24) is 19.4 Å². The lowest BCUT2D eigenvalue weighted by Crippen LogP contribution is -2.54. The number of carbonyl (C=O) groups is 1. The second kappa shape index (κ2) is 11.3. The van der Waals surface area contributed by atoms with Gasteiger partial charge in [0.1, 0.15) is 11.9 Å². The number of halogens is 1. The number of piperazine rings is 1. The molecule has 2 atom stereocenters. The summed E-state index contributed by atoms with van der Waals surface area (Å²) in [7, 11) is 0. The largest absolute Gasteiger partial charge is 0.355 e. The van der Waals surface area contributed by atoms with Crippen LogP contribution in [0.25, 0.3) is 16.7 Å². The number of nitriles is 1. The highest BCUT2D eigenvalue weighted by atomic mass is 35.5. The van der Waals surface area contributed by atoms with Crippen LogP contribution in [0.2, 0.25) is 5.02 Å². The molecule has 0 radical (unpaired) electrons. The van der Waals surface area contributed by atoms with Gasteiger partial charge in [0.25, 0.3) is 0 Å². The monoisotopic (exact) mass is 559 g/mol. The van der Waals surface area contributed by atoms with Gasteiger partial charge in [0.05, 0.1) is 22.2 Å². The van der Waals surface area contributed by atoms with Crippen molar-refractivity contribution in [2.45, 2.75) is 58.5 Å². The lowest BCUT2D eigenvalue weighted by Gasteiger charge is -2.40. The molecule has 208 valence electrons. The number of fused-ring (bicyclic) bond motifs is 1. The van der Waals surface area contributed by atoms with Crippen LogP contribution >= 0.6 is 11.6 Å². The molecule has 2 aromatic heterocycles. The van der Waals surface area contributed by atoms with E-state index in [1.54, 1.807) is 9.47 Å². The number of hydrogen-bond acceptors (Lipinski definition) is 7. The Labute approximate surface area is 239 Å². The summed E-state index contributed by atoms with van der Waals surface area (Å²) in [6, 6.07) is 9.85. The molecule has 2 fully saturated rings. The molecule has 0 saturated carbocycles. The molecule has 1 aromatic carbocycles. The molecular weight excluding hydrogens is 526 g/mol. The van der Waals surface area contributed by atoms with Crippen LogP contribution in [0.3, 0.4) is 0 Å². The summed E-state index contributed by atoms with van der Waals surface area (Å²) in [6.07, 6.45) is 4.40. The zero-order chi connectivity index (χ0) is 28.6. The molecule has 4 heterocycles. The third-order valence-corrected chi connectivity index (χ3v) is 8.31. The predicted octanol–water partition coefficient (Wildman–Crippen LogP) is 4.27. The number of para-hydroxylation sites is 1. The fourth-order valence-electron chi connectivity index (χ4n) is 5.98. The normalized spacial score (nSPS) is 19.2. The van der Waals surface area contributed by atoms with Crippen molar-refractivity contribution in [3.63, 3.8) is 0 Å². The highest BCUT2D eigenvalue weighted by Crippen LogP contribution is 2.36. The van der Waals surface area contributed by atoms with E-state index in [1.165, 1.54) is 6.08 Å². The van der Waals surface area contributed by atoms with Gasteiger partial charge in [0.15, 0.2) is 11.5 Å². The number of anilines is 2. The van der Waals surface area contributed by atoms with Gasteiger partial charge in [-0.15, -0.1) is 0 Å². The SMILES string of the molecule is C=CC(=O)N1CCN(c2nc(=O)n(-c3c(CC)cccc3CC)c3nc(N4CCCC4C#N)c(Cl)cc23)[C@@H](C)C1. The Morgan fingerprint density at radius 3 is 2.50 bits per heavy atom. The van der Waals surface area contributed by atoms with E-state index in [9.17, 15) is 14.9 Å². The highest BCUT2D eigenvalue weighted by molar-refractivity contribution is 6.33. The van der Waals surface area contributed by atoms with E-state index in [0.29, 0.717) is 53.9 Å². The second-order valence-corrected chi connectivity index (χ2v) is 10.8. The molecule has 9 nitrogen and oxygen atoms in total. The topological polar surface area (TPSA) is 98.4 Å². The summed E-state index contributed by atoms with van der Waals surface area (Å²) in [6.45, 7) is 11.9. The van der Waals surface area contributed by atoms with Crippen molar-refractivity contribution < 1.29 is 4.79 Å². The maximum Gasteiger partial charge on any atom is 0.355 e. The van der Waals surface area contributed by atoms with Gasteiger partial charge in [-0.2, -0.15) is 10.2 Å². The third kappa shape index (κ3) is 4.71. The molecule has 0 aliphatic carbocycles. The van der Waals surface area contributed by atoms with Gasteiger partial charge in [-0.1, -0.05) is 50.2 Å². The van der Waals surface area contributed by atoms with Crippen LogP contribution in [-0.4, -0.2) is 63.6 Å². The number of amides is 1. The molecule has 2 aliphatic rings. The van der Waals surface area contributed by atoms with Gasteiger partial charge in [-0.05, 0) is 55.9 Å². The molecule has 0 N–H and O–H groups in total. The van der Waals surface area contributed by atoms with Gasteiger partial charge in [-0.3, -0.25) is 4.79 Å². The Bertz CT molecular complexity index is 1550. The number of nitrogens with zero attached hydrogens (tertiary/aromatic N) is 7. The van der Waals surface area contributed by atoms with Crippen LogP contribution < -0.4 is 15.5 Å². The Balaban J connectivity index is 1.77. The smallest absolute Gasteiger partial charge is 0.350 e. The Morgan fingerprint density at radius 1 is 1.15 bits per heavy atom. The first-order valence-electron chi connectivity index (χ1n) is 13.9. The summed E-state index contributed by atoms with van der Waals surface area (Å²) in [5.74, 6) is 0.890. The van der Waals surface area contributed by atoms with Crippen molar-refractivity contribution in [2.75, 3.05) is 36.0 Å². The molecule has 0 bridgehead atoms. The van der Waals surface area contributed by atoms with Crippen molar-refractivity contribution in [1.29, 1.82) is 5.26 Å². The summed E-state index contributed by atoms with van der Waals surface area (Å²) in [4.78, 5) is 41.7. The minimum absolute atomic E-state index is 0.0993. The van der Waals surface area contributed by atoms with E-state index >= 15 is 0 Å². The zero-order valence-electron chi connectivity index (χ0n) is 23.2. The van der Waals surface area contributed by atoms with Gasteiger partial charge in [0.2, 0.25) is 5.91 Å². The Morgan fingerprint density at radius 2 is 1.88 bits per heavy atom. The number of benzene rings is 1. The van der Waals surface area contributed by atoms with Crippen LogP contribution in [0.4, 0.5) is 11.6 Å². The van der Waals surface area contributed by atoms with Crippen LogP contribution in [0.15, 0.2) is 41.7 Å². The van der Waals surface area contributed by atoms with Crippen molar-refractivity contribution in [2.24, 2.45) is 0 Å². The van der Waals surface area contributed by atoms with E-state index < -0.39 is 5.69 Å². The summed E-state index contributed by atoms with van der Waals surface area (Å²) in [5.41, 5.74) is 2.89. The lowest BCUT2D eigenvalue weighted by molar-refractivity contribution is -0.126. The van der Waals surface area contributed by atoms with E-state index in [1.807, 2.05) is 36.1 Å². The molecule has 1 unspecified atom stereocenters. The van der Waals surface area contributed by atoms with Crippen LogP contribution in [0.1, 0.15) is 44.7 Å².